The van der Waals surface area contributed by atoms with Crippen molar-refractivity contribution in [2.45, 2.75) is 59.0 Å². The predicted octanol–water partition coefficient (Wildman–Crippen LogP) is 4.92. The third-order valence-electron chi connectivity index (χ3n) is 5.93. The Bertz CT molecular complexity index is 917. The third-order valence-corrected chi connectivity index (χ3v) is 5.93. The number of methoxy groups -OCH3 is 1. The van der Waals surface area contributed by atoms with Gasteiger partial charge >= 0.3 is 0 Å². The molecule has 144 valence electrons. The van der Waals surface area contributed by atoms with Crippen LogP contribution >= 0.6 is 0 Å². The number of rotatable bonds is 6. The minimum absolute atomic E-state index is 0.291. The van der Waals surface area contributed by atoms with Crippen LogP contribution in [0.15, 0.2) is 30.1 Å². The van der Waals surface area contributed by atoms with Crippen molar-refractivity contribution in [2.24, 2.45) is 5.92 Å². The van der Waals surface area contributed by atoms with Gasteiger partial charge in [-0.15, -0.1) is 0 Å². The van der Waals surface area contributed by atoms with Gasteiger partial charge in [0.05, 0.1) is 29.4 Å². The van der Waals surface area contributed by atoms with Gasteiger partial charge in [0.25, 0.3) is 0 Å². The average molecular weight is 366 g/mol. The summed E-state index contributed by atoms with van der Waals surface area (Å²) in [7, 11) is 1.76. The number of hydrogen-bond acceptors (Lipinski definition) is 3. The van der Waals surface area contributed by atoms with Gasteiger partial charge in [-0.25, -0.2) is 4.98 Å². The second kappa shape index (κ2) is 7.16. The number of nitrogens with zero attached hydrogens (tertiary/aromatic N) is 2. The lowest BCUT2D eigenvalue weighted by atomic mass is 9.96. The molecule has 2 aromatic heterocycles. The molecule has 0 radical (unpaired) electrons. The largest absolute Gasteiger partial charge is 0.383 e. The minimum Gasteiger partial charge on any atom is -0.383 e. The lowest BCUT2D eigenvalue weighted by Gasteiger charge is -2.25. The number of nitrogens with one attached hydrogen (secondary N) is 1. The van der Waals surface area contributed by atoms with Crippen LogP contribution < -0.4 is 5.32 Å². The van der Waals surface area contributed by atoms with E-state index in [1.807, 2.05) is 0 Å². The predicted molar refractivity (Wildman–Crippen MR) is 112 cm³/mol. The summed E-state index contributed by atoms with van der Waals surface area (Å²) in [4.78, 5) is 5.13. The van der Waals surface area contributed by atoms with Gasteiger partial charge in [-0.05, 0) is 63.1 Å². The summed E-state index contributed by atoms with van der Waals surface area (Å²) in [6.45, 7) is 9.45. The molecule has 0 bridgehead atoms. The highest BCUT2D eigenvalue weighted by Gasteiger charge is 2.32. The Hall–Kier alpha value is -2.07. The van der Waals surface area contributed by atoms with E-state index in [0.29, 0.717) is 18.7 Å². The van der Waals surface area contributed by atoms with Crippen molar-refractivity contribution in [1.29, 1.82) is 0 Å². The van der Waals surface area contributed by atoms with E-state index in [-0.39, 0.29) is 0 Å². The number of allylic oxidation sites excluding steroid dienone is 3. The highest BCUT2D eigenvalue weighted by atomic mass is 16.5. The summed E-state index contributed by atoms with van der Waals surface area (Å²) < 4.78 is 7.66. The number of hydrogen-bond donors (Lipinski definition) is 1. The third kappa shape index (κ3) is 3.31. The molecule has 1 aliphatic heterocycles. The maximum atomic E-state index is 5.36. The van der Waals surface area contributed by atoms with E-state index >= 15 is 0 Å². The molecule has 2 aliphatic rings. The lowest BCUT2D eigenvalue weighted by molar-refractivity contribution is 0.164. The molecule has 1 saturated carbocycles. The highest BCUT2D eigenvalue weighted by Crippen LogP contribution is 2.37. The van der Waals surface area contributed by atoms with Crippen molar-refractivity contribution in [3.63, 3.8) is 0 Å². The zero-order valence-electron chi connectivity index (χ0n) is 17.2. The molecule has 27 heavy (non-hydrogen) atoms. The first kappa shape index (κ1) is 18.3. The van der Waals surface area contributed by atoms with Crippen LogP contribution in [0.4, 0.5) is 0 Å². The Balaban J connectivity index is 1.77. The molecule has 4 heteroatoms. The molecule has 3 heterocycles. The van der Waals surface area contributed by atoms with Gasteiger partial charge in [-0.1, -0.05) is 19.1 Å². The van der Waals surface area contributed by atoms with Gasteiger partial charge in [-0.2, -0.15) is 0 Å². The molecule has 0 saturated heterocycles. The maximum absolute atomic E-state index is 5.36. The summed E-state index contributed by atoms with van der Waals surface area (Å²) in [5, 5.41) is 3.77. The first-order chi connectivity index (χ1) is 13.0. The van der Waals surface area contributed by atoms with Crippen molar-refractivity contribution >= 4 is 16.6 Å². The van der Waals surface area contributed by atoms with Crippen molar-refractivity contribution in [3.05, 3.63) is 46.9 Å². The Morgan fingerprint density at radius 2 is 2.07 bits per heavy atom. The van der Waals surface area contributed by atoms with E-state index in [4.69, 9.17) is 9.72 Å². The van der Waals surface area contributed by atoms with Crippen LogP contribution in [0.1, 0.15) is 56.0 Å². The molecule has 4 nitrogen and oxygen atoms in total. The fourth-order valence-electron chi connectivity index (χ4n) is 4.26. The van der Waals surface area contributed by atoms with Gasteiger partial charge in [0.1, 0.15) is 0 Å². The quantitative estimate of drug-likeness (QED) is 0.790. The van der Waals surface area contributed by atoms with Gasteiger partial charge in [0.15, 0.2) is 0 Å². The summed E-state index contributed by atoms with van der Waals surface area (Å²) in [6.07, 6.45) is 10.6. The monoisotopic (exact) mass is 365 g/mol. The number of ether oxygens (including phenoxy) is 1. The molecular formula is C23H31N3O. The van der Waals surface area contributed by atoms with Crippen molar-refractivity contribution in [3.8, 4) is 0 Å². The van der Waals surface area contributed by atoms with Crippen LogP contribution in [-0.2, 0) is 4.74 Å². The van der Waals surface area contributed by atoms with Crippen LogP contribution in [0, 0.1) is 19.8 Å². The first-order valence-electron chi connectivity index (χ1n) is 10.2. The van der Waals surface area contributed by atoms with Crippen LogP contribution in [0.25, 0.3) is 16.6 Å². The van der Waals surface area contributed by atoms with Crippen LogP contribution in [0.5, 0.6) is 0 Å². The zero-order chi connectivity index (χ0) is 19.1. The standard InChI is InChI=1S/C23H31N3O/c1-6-19-18(9-10-20(24-19)17-7-8-17)22-14(2)11-21-23(25-22)15(3)12-26(21)16(4)13-27-5/h9-12,16-17,20,24H,6-8,13H2,1-5H3/t16-,20?/m0/s1. The zero-order valence-corrected chi connectivity index (χ0v) is 17.2. The summed E-state index contributed by atoms with van der Waals surface area (Å²) in [5.41, 5.74) is 8.43. The normalized spacial score (nSPS) is 21.0. The second-order valence-corrected chi connectivity index (χ2v) is 8.16. The summed E-state index contributed by atoms with van der Waals surface area (Å²) in [6, 6.07) is 3.09. The Labute approximate surface area is 162 Å². The molecule has 0 spiro atoms. The van der Waals surface area contributed by atoms with Gasteiger partial charge < -0.3 is 14.6 Å². The molecule has 4 rings (SSSR count). The fraction of sp³-hybridized carbons (Fsp3) is 0.522. The van der Waals surface area contributed by atoms with Crippen LogP contribution in [-0.4, -0.2) is 29.3 Å². The van der Waals surface area contributed by atoms with Crippen LogP contribution in [0.3, 0.4) is 0 Å². The SMILES string of the molecule is CCC1=C(c2nc3c(C)cn([C@@H](C)COC)c3cc2C)C=CC(C2CC2)N1. The molecular weight excluding hydrogens is 334 g/mol. The smallest absolute Gasteiger partial charge is 0.0917 e. The number of dihydropyridines is 1. The maximum Gasteiger partial charge on any atom is 0.0917 e. The first-order valence-corrected chi connectivity index (χ1v) is 10.2. The van der Waals surface area contributed by atoms with E-state index in [9.17, 15) is 0 Å². The van der Waals surface area contributed by atoms with Crippen molar-refractivity contribution < 1.29 is 4.74 Å². The van der Waals surface area contributed by atoms with Crippen molar-refractivity contribution in [2.75, 3.05) is 13.7 Å². The Kier molecular flexibility index (Phi) is 4.85. The lowest BCUT2D eigenvalue weighted by Crippen LogP contribution is -2.31. The van der Waals surface area contributed by atoms with E-state index in [0.717, 1.165) is 23.5 Å². The van der Waals surface area contributed by atoms with Gasteiger partial charge in [-0.3, -0.25) is 0 Å². The number of fused-ring (bicyclic) bond motifs is 1. The molecule has 2 aromatic rings. The average Bonchev–Trinajstić information content (AvgIpc) is 3.46. The number of pyridine rings is 1. The molecule has 1 N–H and O–H groups in total. The molecule has 2 atom stereocenters. The summed E-state index contributed by atoms with van der Waals surface area (Å²) >= 11 is 0. The van der Waals surface area contributed by atoms with Crippen LogP contribution in [0.2, 0.25) is 0 Å². The Morgan fingerprint density at radius 1 is 1.30 bits per heavy atom. The molecule has 0 aromatic carbocycles. The molecule has 1 unspecified atom stereocenters. The number of aryl methyl sites for hydroxylation is 2. The molecule has 0 amide bonds. The van der Waals surface area contributed by atoms with E-state index in [1.165, 1.54) is 40.8 Å². The fourth-order valence-corrected chi connectivity index (χ4v) is 4.26. The topological polar surface area (TPSA) is 39.1 Å². The second-order valence-electron chi connectivity index (χ2n) is 8.16. The van der Waals surface area contributed by atoms with Gasteiger partial charge in [0, 0.05) is 30.6 Å². The van der Waals surface area contributed by atoms with Crippen molar-refractivity contribution in [1.82, 2.24) is 14.9 Å². The summed E-state index contributed by atoms with van der Waals surface area (Å²) in [5.74, 6) is 0.819. The van der Waals surface area contributed by atoms with E-state index < -0.39 is 0 Å². The minimum atomic E-state index is 0.291. The van der Waals surface area contributed by atoms with E-state index in [2.05, 4.69) is 62.0 Å². The number of aromatic nitrogens is 2. The highest BCUT2D eigenvalue weighted by molar-refractivity contribution is 5.86. The van der Waals surface area contributed by atoms with Gasteiger partial charge in [0.2, 0.25) is 0 Å². The van der Waals surface area contributed by atoms with E-state index in [1.54, 1.807) is 7.11 Å². The molecule has 1 fully saturated rings. The molecule has 1 aliphatic carbocycles. The Morgan fingerprint density at radius 3 is 2.74 bits per heavy atom.